The molecule has 3 aromatic rings. The predicted molar refractivity (Wildman–Crippen MR) is 125 cm³/mol. The summed E-state index contributed by atoms with van der Waals surface area (Å²) < 4.78 is 5.55. The van der Waals surface area contributed by atoms with Crippen LogP contribution in [0.15, 0.2) is 72.8 Å². The number of benzene rings is 3. The van der Waals surface area contributed by atoms with Crippen molar-refractivity contribution < 1.29 is 14.3 Å². The van der Waals surface area contributed by atoms with Crippen LogP contribution < -0.4 is 10.1 Å². The van der Waals surface area contributed by atoms with Crippen molar-refractivity contribution in [2.75, 3.05) is 11.9 Å². The molecule has 0 fully saturated rings. The first-order chi connectivity index (χ1) is 14.8. The molecule has 0 aromatic heterocycles. The van der Waals surface area contributed by atoms with E-state index in [1.807, 2.05) is 48.5 Å². The fourth-order valence-electron chi connectivity index (χ4n) is 3.19. The number of aryl methyl sites for hydroxylation is 1. The third kappa shape index (κ3) is 6.05. The number of ketones is 1. The van der Waals surface area contributed by atoms with Crippen LogP contribution in [0.1, 0.15) is 54.7 Å². The molecular formula is C27H29NO3. The zero-order chi connectivity index (χ0) is 22.4. The average Bonchev–Trinajstić information content (AvgIpc) is 2.77. The third-order valence-electron chi connectivity index (χ3n) is 5.12. The SMILES string of the molecule is CCc1ccc(OCC(=O)Nc2cccc(C(=O)c3ccc(C(C)(C)C)cc3)c2)cc1. The van der Waals surface area contributed by atoms with E-state index in [0.717, 1.165) is 6.42 Å². The van der Waals surface area contributed by atoms with Gasteiger partial charge in [0.1, 0.15) is 5.75 Å². The van der Waals surface area contributed by atoms with Gasteiger partial charge in [-0.05, 0) is 47.2 Å². The largest absolute Gasteiger partial charge is 0.484 e. The zero-order valence-electron chi connectivity index (χ0n) is 18.6. The highest BCUT2D eigenvalue weighted by atomic mass is 16.5. The second-order valence-electron chi connectivity index (χ2n) is 8.57. The number of rotatable bonds is 7. The van der Waals surface area contributed by atoms with Crippen LogP contribution in [0.3, 0.4) is 0 Å². The Morgan fingerprint density at radius 2 is 1.55 bits per heavy atom. The second kappa shape index (κ2) is 9.61. The fourth-order valence-corrected chi connectivity index (χ4v) is 3.19. The quantitative estimate of drug-likeness (QED) is 0.497. The van der Waals surface area contributed by atoms with Crippen molar-refractivity contribution in [3.63, 3.8) is 0 Å². The highest BCUT2D eigenvalue weighted by Gasteiger charge is 2.15. The third-order valence-corrected chi connectivity index (χ3v) is 5.12. The van der Waals surface area contributed by atoms with E-state index in [2.05, 4.69) is 33.0 Å². The summed E-state index contributed by atoms with van der Waals surface area (Å²) in [5, 5.41) is 2.79. The molecule has 0 radical (unpaired) electrons. The van der Waals surface area contributed by atoms with Gasteiger partial charge in [0.05, 0.1) is 0 Å². The average molecular weight is 416 g/mol. The molecule has 1 N–H and O–H groups in total. The molecule has 0 aliphatic carbocycles. The molecule has 0 saturated carbocycles. The first kappa shape index (κ1) is 22.3. The molecule has 0 aliphatic heterocycles. The first-order valence-corrected chi connectivity index (χ1v) is 10.5. The number of amides is 1. The Morgan fingerprint density at radius 3 is 2.16 bits per heavy atom. The maximum Gasteiger partial charge on any atom is 0.262 e. The molecule has 0 unspecified atom stereocenters. The van der Waals surface area contributed by atoms with Gasteiger partial charge in [-0.2, -0.15) is 0 Å². The van der Waals surface area contributed by atoms with Crippen molar-refractivity contribution in [2.24, 2.45) is 0 Å². The summed E-state index contributed by atoms with van der Waals surface area (Å²) in [5.41, 5.74) is 4.13. The van der Waals surface area contributed by atoms with Gasteiger partial charge in [0.25, 0.3) is 5.91 Å². The molecule has 31 heavy (non-hydrogen) atoms. The van der Waals surface area contributed by atoms with E-state index in [1.54, 1.807) is 24.3 Å². The second-order valence-corrected chi connectivity index (χ2v) is 8.57. The van der Waals surface area contributed by atoms with Crippen molar-refractivity contribution in [1.29, 1.82) is 0 Å². The van der Waals surface area contributed by atoms with Gasteiger partial charge < -0.3 is 10.1 Å². The Hall–Kier alpha value is -3.40. The van der Waals surface area contributed by atoms with E-state index in [9.17, 15) is 9.59 Å². The molecule has 1 amide bonds. The fraction of sp³-hybridized carbons (Fsp3) is 0.259. The molecule has 4 heteroatoms. The number of hydrogen-bond acceptors (Lipinski definition) is 3. The van der Waals surface area contributed by atoms with Gasteiger partial charge in [-0.1, -0.05) is 76.2 Å². The van der Waals surface area contributed by atoms with Crippen molar-refractivity contribution in [1.82, 2.24) is 0 Å². The van der Waals surface area contributed by atoms with Crippen LogP contribution in [0.4, 0.5) is 5.69 Å². The molecular weight excluding hydrogens is 386 g/mol. The molecule has 160 valence electrons. The molecule has 0 bridgehead atoms. The topological polar surface area (TPSA) is 55.4 Å². The number of carbonyl (C=O) groups is 2. The lowest BCUT2D eigenvalue weighted by atomic mass is 9.86. The van der Waals surface area contributed by atoms with Crippen molar-refractivity contribution >= 4 is 17.4 Å². The standard InChI is InChI=1S/C27H29NO3/c1-5-19-9-15-24(16-10-19)31-18-25(29)28-23-8-6-7-21(17-23)26(30)20-11-13-22(14-12-20)27(2,3)4/h6-17H,5,18H2,1-4H3,(H,28,29). The van der Waals surface area contributed by atoms with Crippen LogP contribution >= 0.6 is 0 Å². The van der Waals surface area contributed by atoms with Crippen molar-refractivity contribution in [3.05, 3.63) is 95.1 Å². The summed E-state index contributed by atoms with van der Waals surface area (Å²) in [4.78, 5) is 25.1. The lowest BCUT2D eigenvalue weighted by Gasteiger charge is -2.19. The minimum absolute atomic E-state index is 0.0336. The van der Waals surface area contributed by atoms with E-state index >= 15 is 0 Å². The Kier molecular flexibility index (Phi) is 6.91. The van der Waals surface area contributed by atoms with Crippen LogP contribution in [0, 0.1) is 0 Å². The van der Waals surface area contributed by atoms with Gasteiger partial charge in [0.15, 0.2) is 12.4 Å². The van der Waals surface area contributed by atoms with Gasteiger partial charge in [-0.3, -0.25) is 9.59 Å². The van der Waals surface area contributed by atoms with Gasteiger partial charge >= 0.3 is 0 Å². The van der Waals surface area contributed by atoms with E-state index in [4.69, 9.17) is 4.74 Å². The number of carbonyl (C=O) groups excluding carboxylic acids is 2. The highest BCUT2D eigenvalue weighted by Crippen LogP contribution is 2.23. The number of nitrogens with one attached hydrogen (secondary N) is 1. The van der Waals surface area contributed by atoms with Crippen LogP contribution in [0.2, 0.25) is 0 Å². The van der Waals surface area contributed by atoms with E-state index in [0.29, 0.717) is 22.6 Å². The summed E-state index contributed by atoms with van der Waals surface area (Å²) in [5.74, 6) is 0.289. The van der Waals surface area contributed by atoms with Crippen molar-refractivity contribution in [2.45, 2.75) is 39.5 Å². The molecule has 3 aromatic carbocycles. The lowest BCUT2D eigenvalue weighted by molar-refractivity contribution is -0.118. The zero-order valence-corrected chi connectivity index (χ0v) is 18.6. The van der Waals surface area contributed by atoms with E-state index < -0.39 is 0 Å². The monoisotopic (exact) mass is 415 g/mol. The molecule has 3 rings (SSSR count). The molecule has 4 nitrogen and oxygen atoms in total. The van der Waals surface area contributed by atoms with Crippen LogP contribution in [0.5, 0.6) is 5.75 Å². The maximum absolute atomic E-state index is 12.9. The van der Waals surface area contributed by atoms with Crippen molar-refractivity contribution in [3.8, 4) is 5.75 Å². The van der Waals surface area contributed by atoms with Crippen LogP contribution in [-0.2, 0) is 16.6 Å². The van der Waals surface area contributed by atoms with E-state index in [1.165, 1.54) is 11.1 Å². The first-order valence-electron chi connectivity index (χ1n) is 10.5. The predicted octanol–water partition coefficient (Wildman–Crippen LogP) is 5.80. The summed E-state index contributed by atoms with van der Waals surface area (Å²) in [6.07, 6.45) is 0.955. The summed E-state index contributed by atoms with van der Waals surface area (Å²) in [7, 11) is 0. The maximum atomic E-state index is 12.9. The lowest BCUT2D eigenvalue weighted by Crippen LogP contribution is -2.20. The molecule has 0 atom stereocenters. The molecule has 0 aliphatic rings. The Labute approximate surface area is 184 Å². The number of ether oxygens (including phenoxy) is 1. The molecule has 0 saturated heterocycles. The minimum atomic E-state index is -0.279. The molecule has 0 spiro atoms. The van der Waals surface area contributed by atoms with Gasteiger partial charge in [0, 0.05) is 16.8 Å². The normalized spacial score (nSPS) is 11.1. The van der Waals surface area contributed by atoms with Gasteiger partial charge in [-0.15, -0.1) is 0 Å². The van der Waals surface area contributed by atoms with Gasteiger partial charge in [-0.25, -0.2) is 0 Å². The highest BCUT2D eigenvalue weighted by molar-refractivity contribution is 6.09. The van der Waals surface area contributed by atoms with Crippen LogP contribution in [0.25, 0.3) is 0 Å². The van der Waals surface area contributed by atoms with Gasteiger partial charge in [0.2, 0.25) is 0 Å². The number of hydrogen-bond donors (Lipinski definition) is 1. The summed E-state index contributed by atoms with van der Waals surface area (Å²) in [6.45, 7) is 8.40. The summed E-state index contributed by atoms with van der Waals surface area (Å²) >= 11 is 0. The summed E-state index contributed by atoms with van der Waals surface area (Å²) in [6, 6.07) is 22.3. The Balaban J connectivity index is 1.62. The number of anilines is 1. The molecule has 0 heterocycles. The Bertz CT molecular complexity index is 1050. The van der Waals surface area contributed by atoms with E-state index in [-0.39, 0.29) is 23.7 Å². The minimum Gasteiger partial charge on any atom is -0.484 e. The Morgan fingerprint density at radius 1 is 0.871 bits per heavy atom. The smallest absolute Gasteiger partial charge is 0.262 e. The van der Waals surface area contributed by atoms with Crippen LogP contribution in [-0.4, -0.2) is 18.3 Å².